The lowest BCUT2D eigenvalue weighted by Gasteiger charge is -2.28. The third kappa shape index (κ3) is 7.31. The quantitative estimate of drug-likeness (QED) is 0.218. The van der Waals surface area contributed by atoms with Crippen molar-refractivity contribution in [3.63, 3.8) is 0 Å². The van der Waals surface area contributed by atoms with E-state index in [1.807, 2.05) is 18.5 Å². The van der Waals surface area contributed by atoms with Gasteiger partial charge in [0.25, 0.3) is 0 Å². The highest BCUT2D eigenvalue weighted by atomic mass is 35.5. The van der Waals surface area contributed by atoms with E-state index in [0.29, 0.717) is 17.2 Å². The topological polar surface area (TPSA) is 52.1 Å². The van der Waals surface area contributed by atoms with E-state index in [-0.39, 0.29) is 5.97 Å². The molecule has 4 nitrogen and oxygen atoms in total. The molecule has 2 aromatic rings. The fraction of sp³-hybridized carbons (Fsp3) is 0.577. The minimum Gasteiger partial charge on any atom is -0.425 e. The van der Waals surface area contributed by atoms with Crippen LogP contribution in [0.5, 0.6) is 5.75 Å². The number of esters is 1. The van der Waals surface area contributed by atoms with Crippen molar-refractivity contribution in [3.05, 3.63) is 41.4 Å². The normalized spacial score (nSPS) is 18.7. The molecule has 3 rings (SSSR count). The number of halogens is 1. The van der Waals surface area contributed by atoms with Crippen molar-refractivity contribution >= 4 is 17.6 Å². The number of benzene rings is 1. The second kappa shape index (κ2) is 12.2. The molecule has 0 unspecified atom stereocenters. The molecule has 1 heterocycles. The number of ether oxygens (including phenoxy) is 1. The SMILES string of the molecule is CCCCCC1CCC(CCc2ncc(-c3ccc(OC(=O)CC)c(Cl)c3)cn2)CC1. The Kier molecular flexibility index (Phi) is 9.32. The molecule has 0 N–H and O–H groups in total. The minimum absolute atomic E-state index is 0.299. The Labute approximate surface area is 191 Å². The Morgan fingerprint density at radius 1 is 1.00 bits per heavy atom. The zero-order valence-corrected chi connectivity index (χ0v) is 19.7. The van der Waals surface area contributed by atoms with Crippen molar-refractivity contribution in [2.45, 2.75) is 84.5 Å². The van der Waals surface area contributed by atoms with Crippen LogP contribution in [0.2, 0.25) is 5.02 Å². The van der Waals surface area contributed by atoms with Crippen LogP contribution in [0.4, 0.5) is 0 Å². The monoisotopic (exact) mass is 442 g/mol. The van der Waals surface area contributed by atoms with Gasteiger partial charge in [-0.25, -0.2) is 9.97 Å². The third-order valence-corrected chi connectivity index (χ3v) is 6.74. The molecule has 1 aliphatic carbocycles. The summed E-state index contributed by atoms with van der Waals surface area (Å²) in [6.45, 7) is 4.03. The summed E-state index contributed by atoms with van der Waals surface area (Å²) in [4.78, 5) is 20.6. The fourth-order valence-electron chi connectivity index (χ4n) is 4.42. The molecule has 1 saturated carbocycles. The summed E-state index contributed by atoms with van der Waals surface area (Å²) in [5, 5.41) is 0.411. The van der Waals surface area contributed by atoms with Gasteiger partial charge in [-0.1, -0.05) is 82.9 Å². The first-order valence-electron chi connectivity index (χ1n) is 11.9. The lowest BCUT2D eigenvalue weighted by molar-refractivity contribution is -0.134. The number of nitrogens with zero attached hydrogens (tertiary/aromatic N) is 2. The predicted octanol–water partition coefficient (Wildman–Crippen LogP) is 7.43. The van der Waals surface area contributed by atoms with Crippen molar-refractivity contribution in [2.24, 2.45) is 11.8 Å². The maximum absolute atomic E-state index is 11.5. The molecular formula is C26H35ClN2O2. The Bertz CT molecular complexity index is 830. The molecule has 168 valence electrons. The number of aromatic nitrogens is 2. The van der Waals surface area contributed by atoms with E-state index >= 15 is 0 Å². The van der Waals surface area contributed by atoms with Crippen molar-refractivity contribution in [1.82, 2.24) is 9.97 Å². The van der Waals surface area contributed by atoms with Crippen LogP contribution in [-0.4, -0.2) is 15.9 Å². The molecule has 1 aromatic carbocycles. The van der Waals surface area contributed by atoms with E-state index in [9.17, 15) is 4.79 Å². The van der Waals surface area contributed by atoms with Gasteiger partial charge in [-0.05, 0) is 36.0 Å². The highest BCUT2D eigenvalue weighted by Crippen LogP contribution is 2.34. The van der Waals surface area contributed by atoms with Crippen LogP contribution in [0.1, 0.15) is 83.9 Å². The van der Waals surface area contributed by atoms with Crippen LogP contribution in [0, 0.1) is 11.8 Å². The standard InChI is InChI=1S/C26H35ClN2O2/c1-3-5-6-7-19-8-10-20(11-9-19)12-15-25-28-17-22(18-29-25)21-13-14-24(23(27)16-21)31-26(30)4-2/h13-14,16-20H,3-12,15H2,1-2H3. The van der Waals surface area contributed by atoms with Gasteiger partial charge >= 0.3 is 5.97 Å². The van der Waals surface area contributed by atoms with Crippen molar-refractivity contribution in [2.75, 3.05) is 0 Å². The molecule has 0 amide bonds. The number of unbranched alkanes of at least 4 members (excludes halogenated alkanes) is 2. The summed E-state index contributed by atoms with van der Waals surface area (Å²) < 4.78 is 5.22. The maximum Gasteiger partial charge on any atom is 0.310 e. The minimum atomic E-state index is -0.299. The van der Waals surface area contributed by atoms with Crippen LogP contribution in [0.25, 0.3) is 11.1 Å². The van der Waals surface area contributed by atoms with Crippen molar-refractivity contribution < 1.29 is 9.53 Å². The molecule has 0 atom stereocenters. The van der Waals surface area contributed by atoms with E-state index in [2.05, 4.69) is 16.9 Å². The predicted molar refractivity (Wildman–Crippen MR) is 126 cm³/mol. The molecule has 5 heteroatoms. The summed E-state index contributed by atoms with van der Waals surface area (Å²) in [5.74, 6) is 2.78. The molecule has 0 spiro atoms. The average Bonchev–Trinajstić information content (AvgIpc) is 2.80. The van der Waals surface area contributed by atoms with Gasteiger partial charge < -0.3 is 4.74 Å². The number of hydrogen-bond donors (Lipinski definition) is 0. The van der Waals surface area contributed by atoms with Gasteiger partial charge in [0.1, 0.15) is 11.6 Å². The first kappa shape index (κ1) is 23.7. The first-order valence-corrected chi connectivity index (χ1v) is 12.3. The van der Waals surface area contributed by atoms with Crippen LogP contribution in [-0.2, 0) is 11.2 Å². The molecule has 0 bridgehead atoms. The summed E-state index contributed by atoms with van der Waals surface area (Å²) >= 11 is 6.27. The van der Waals surface area contributed by atoms with E-state index in [1.54, 1.807) is 19.1 Å². The summed E-state index contributed by atoms with van der Waals surface area (Å²) in [6, 6.07) is 5.39. The molecule has 0 saturated heterocycles. The molecule has 0 aliphatic heterocycles. The van der Waals surface area contributed by atoms with Gasteiger partial charge in [-0.15, -0.1) is 0 Å². The van der Waals surface area contributed by atoms with E-state index in [4.69, 9.17) is 16.3 Å². The van der Waals surface area contributed by atoms with Gasteiger partial charge in [0.15, 0.2) is 0 Å². The highest BCUT2D eigenvalue weighted by molar-refractivity contribution is 6.32. The summed E-state index contributed by atoms with van der Waals surface area (Å²) in [5.41, 5.74) is 1.82. The van der Waals surface area contributed by atoms with Crippen LogP contribution >= 0.6 is 11.6 Å². The molecule has 0 radical (unpaired) electrons. The summed E-state index contributed by atoms with van der Waals surface area (Å²) in [6.07, 6.45) is 17.2. The number of hydrogen-bond acceptors (Lipinski definition) is 4. The highest BCUT2D eigenvalue weighted by Gasteiger charge is 2.21. The van der Waals surface area contributed by atoms with Crippen LogP contribution in [0.3, 0.4) is 0 Å². The van der Waals surface area contributed by atoms with Gasteiger partial charge in [-0.3, -0.25) is 4.79 Å². The largest absolute Gasteiger partial charge is 0.425 e. The fourth-order valence-corrected chi connectivity index (χ4v) is 4.64. The summed E-state index contributed by atoms with van der Waals surface area (Å²) in [7, 11) is 0. The van der Waals surface area contributed by atoms with E-state index in [0.717, 1.165) is 35.2 Å². The smallest absolute Gasteiger partial charge is 0.310 e. The molecule has 1 aliphatic rings. The van der Waals surface area contributed by atoms with Crippen LogP contribution < -0.4 is 4.74 Å². The van der Waals surface area contributed by atoms with Gasteiger partial charge in [0.05, 0.1) is 5.02 Å². The number of aryl methyl sites for hydroxylation is 1. The average molecular weight is 443 g/mol. The maximum atomic E-state index is 11.5. The van der Waals surface area contributed by atoms with Crippen molar-refractivity contribution in [1.29, 1.82) is 0 Å². The lowest BCUT2D eigenvalue weighted by Crippen LogP contribution is -2.15. The second-order valence-corrected chi connectivity index (χ2v) is 9.19. The molecule has 31 heavy (non-hydrogen) atoms. The zero-order chi connectivity index (χ0) is 22.1. The van der Waals surface area contributed by atoms with Gasteiger partial charge in [-0.2, -0.15) is 0 Å². The Hall–Kier alpha value is -1.94. The third-order valence-electron chi connectivity index (χ3n) is 6.44. The Balaban J connectivity index is 1.47. The van der Waals surface area contributed by atoms with Crippen LogP contribution in [0.15, 0.2) is 30.6 Å². The second-order valence-electron chi connectivity index (χ2n) is 8.78. The number of carbonyl (C=O) groups is 1. The zero-order valence-electron chi connectivity index (χ0n) is 18.9. The van der Waals surface area contributed by atoms with Crippen molar-refractivity contribution in [3.8, 4) is 16.9 Å². The van der Waals surface area contributed by atoms with E-state index < -0.39 is 0 Å². The van der Waals surface area contributed by atoms with E-state index in [1.165, 1.54) is 57.8 Å². The first-order chi connectivity index (χ1) is 15.1. The van der Waals surface area contributed by atoms with Gasteiger partial charge in [0, 0.05) is 30.8 Å². The lowest BCUT2D eigenvalue weighted by atomic mass is 9.78. The molecule has 1 aromatic heterocycles. The van der Waals surface area contributed by atoms with Gasteiger partial charge in [0.2, 0.25) is 0 Å². The molecular weight excluding hydrogens is 408 g/mol. The Morgan fingerprint density at radius 2 is 1.68 bits per heavy atom. The number of carbonyl (C=O) groups excluding carboxylic acids is 1. The molecule has 1 fully saturated rings. The number of rotatable bonds is 10. The Morgan fingerprint density at radius 3 is 2.29 bits per heavy atom.